The minimum Gasteiger partial charge on any atom is -0.481 e. The fourth-order valence-electron chi connectivity index (χ4n) is 1.66. The number of aliphatic carboxylic acids is 1. The van der Waals surface area contributed by atoms with Crippen LogP contribution < -0.4 is 4.90 Å². The van der Waals surface area contributed by atoms with Crippen molar-refractivity contribution < 1.29 is 23.9 Å². The lowest BCUT2D eigenvalue weighted by atomic mass is 10.1. The molecule has 0 aromatic heterocycles. The van der Waals surface area contributed by atoms with Gasteiger partial charge >= 0.3 is 5.97 Å². The number of rotatable bonds is 2. The molecule has 1 amide bonds. The Morgan fingerprint density at radius 3 is 2.35 bits per heavy atom. The van der Waals surface area contributed by atoms with Crippen molar-refractivity contribution in [2.24, 2.45) is 5.92 Å². The third-order valence-electron chi connectivity index (χ3n) is 2.57. The van der Waals surface area contributed by atoms with Gasteiger partial charge in [-0.15, -0.1) is 0 Å². The average molecular weight is 237 g/mol. The Morgan fingerprint density at radius 1 is 1.29 bits per heavy atom. The summed E-state index contributed by atoms with van der Waals surface area (Å²) in [6, 6.07) is 4.93. The molecule has 0 aliphatic carbocycles. The predicted octanol–water partition coefficient (Wildman–Crippen LogP) is 0.442. The number of halogens is 1. The van der Waals surface area contributed by atoms with Gasteiger partial charge in [-0.05, 0) is 24.3 Å². The number of hydrogen-bond donors (Lipinski definition) is 1. The van der Waals surface area contributed by atoms with Gasteiger partial charge in [0.1, 0.15) is 11.7 Å². The van der Waals surface area contributed by atoms with Crippen molar-refractivity contribution in [1.82, 2.24) is 0 Å². The molecule has 1 atom stereocenters. The SMILES string of the molecule is O=C(O)C1CN(c2ccc(F)cc2)C(=O)C1=O. The number of benzene rings is 1. The molecule has 1 heterocycles. The van der Waals surface area contributed by atoms with E-state index in [9.17, 15) is 18.8 Å². The lowest BCUT2D eigenvalue weighted by Gasteiger charge is -2.14. The van der Waals surface area contributed by atoms with E-state index in [0.717, 1.165) is 17.0 Å². The Bertz CT molecular complexity index is 497. The molecule has 88 valence electrons. The lowest BCUT2D eigenvalue weighted by molar-refractivity contribution is -0.147. The molecule has 6 heteroatoms. The van der Waals surface area contributed by atoms with Gasteiger partial charge < -0.3 is 10.0 Å². The molecular formula is C11H8FNO4. The van der Waals surface area contributed by atoms with Crippen LogP contribution in [0.2, 0.25) is 0 Å². The van der Waals surface area contributed by atoms with Crippen LogP contribution in [-0.4, -0.2) is 29.3 Å². The Kier molecular flexibility index (Phi) is 2.63. The first kappa shape index (κ1) is 11.3. The topological polar surface area (TPSA) is 74.7 Å². The predicted molar refractivity (Wildman–Crippen MR) is 54.9 cm³/mol. The Hall–Kier alpha value is -2.24. The molecule has 1 unspecified atom stereocenters. The summed E-state index contributed by atoms with van der Waals surface area (Å²) in [5.74, 6) is -4.95. The average Bonchev–Trinajstić information content (AvgIpc) is 2.58. The van der Waals surface area contributed by atoms with Crippen LogP contribution in [0.4, 0.5) is 10.1 Å². The molecule has 0 radical (unpaired) electrons. The number of hydrogen-bond acceptors (Lipinski definition) is 3. The molecule has 1 aromatic carbocycles. The summed E-state index contributed by atoms with van der Waals surface area (Å²) in [4.78, 5) is 34.6. The highest BCUT2D eigenvalue weighted by atomic mass is 19.1. The van der Waals surface area contributed by atoms with Crippen molar-refractivity contribution in [3.8, 4) is 0 Å². The molecular weight excluding hydrogens is 229 g/mol. The van der Waals surface area contributed by atoms with Gasteiger partial charge in [-0.25, -0.2) is 4.39 Å². The number of carbonyl (C=O) groups is 3. The molecule has 1 aliphatic heterocycles. The Labute approximate surface area is 95.5 Å². The van der Waals surface area contributed by atoms with E-state index in [2.05, 4.69) is 0 Å². The first-order valence-corrected chi connectivity index (χ1v) is 4.85. The van der Waals surface area contributed by atoms with Crippen molar-refractivity contribution in [2.75, 3.05) is 11.4 Å². The van der Waals surface area contributed by atoms with Gasteiger partial charge in [-0.3, -0.25) is 14.4 Å². The van der Waals surface area contributed by atoms with Gasteiger partial charge in [0.2, 0.25) is 5.78 Å². The van der Waals surface area contributed by atoms with Crippen LogP contribution in [0.1, 0.15) is 0 Å². The standard InChI is InChI=1S/C11H8FNO4/c12-6-1-3-7(4-2-6)13-5-8(11(16)17)9(14)10(13)15/h1-4,8H,5H2,(H,16,17). The van der Waals surface area contributed by atoms with Gasteiger partial charge in [0.15, 0.2) is 0 Å². The van der Waals surface area contributed by atoms with Gasteiger partial charge in [0, 0.05) is 12.2 Å². The summed E-state index contributed by atoms with van der Waals surface area (Å²) >= 11 is 0. The maximum atomic E-state index is 12.7. The smallest absolute Gasteiger partial charge is 0.316 e. The highest BCUT2D eigenvalue weighted by Crippen LogP contribution is 2.23. The largest absolute Gasteiger partial charge is 0.481 e. The number of anilines is 1. The third-order valence-corrected chi connectivity index (χ3v) is 2.57. The monoisotopic (exact) mass is 237 g/mol. The van der Waals surface area contributed by atoms with Gasteiger partial charge in [0.05, 0.1) is 0 Å². The summed E-state index contributed by atoms with van der Waals surface area (Å²) in [5.41, 5.74) is 0.313. The highest BCUT2D eigenvalue weighted by molar-refractivity contribution is 6.47. The van der Waals surface area contributed by atoms with Gasteiger partial charge in [0.25, 0.3) is 5.91 Å². The zero-order chi connectivity index (χ0) is 12.6. The highest BCUT2D eigenvalue weighted by Gasteiger charge is 2.43. The van der Waals surface area contributed by atoms with E-state index in [1.165, 1.54) is 12.1 Å². The fraction of sp³-hybridized carbons (Fsp3) is 0.182. The van der Waals surface area contributed by atoms with Crippen LogP contribution in [0.25, 0.3) is 0 Å². The van der Waals surface area contributed by atoms with Crippen LogP contribution in [0.5, 0.6) is 0 Å². The number of amides is 1. The minimum absolute atomic E-state index is 0.210. The molecule has 1 aromatic rings. The second kappa shape index (κ2) is 3.97. The van der Waals surface area contributed by atoms with Crippen molar-refractivity contribution in [3.05, 3.63) is 30.1 Å². The molecule has 5 nitrogen and oxygen atoms in total. The van der Waals surface area contributed by atoms with Crippen molar-refractivity contribution in [3.63, 3.8) is 0 Å². The Balaban J connectivity index is 2.30. The van der Waals surface area contributed by atoms with Crippen LogP contribution in [0.3, 0.4) is 0 Å². The molecule has 2 rings (SSSR count). The van der Waals surface area contributed by atoms with Crippen molar-refractivity contribution >= 4 is 23.3 Å². The number of carboxylic acid groups (broad SMARTS) is 1. The Morgan fingerprint density at radius 2 is 1.88 bits per heavy atom. The number of Topliss-reactive ketones (excluding diaryl/α,β-unsaturated/α-hetero) is 1. The molecule has 1 aliphatic rings. The van der Waals surface area contributed by atoms with Gasteiger partial charge in [-0.2, -0.15) is 0 Å². The second-order valence-corrected chi connectivity index (χ2v) is 3.65. The first-order chi connectivity index (χ1) is 8.00. The number of nitrogens with zero attached hydrogens (tertiary/aromatic N) is 1. The van der Waals surface area contributed by atoms with E-state index in [0.29, 0.717) is 5.69 Å². The maximum absolute atomic E-state index is 12.7. The molecule has 0 spiro atoms. The van der Waals surface area contributed by atoms with Crippen molar-refractivity contribution in [1.29, 1.82) is 0 Å². The number of ketones is 1. The van der Waals surface area contributed by atoms with Crippen LogP contribution in [0.15, 0.2) is 24.3 Å². The summed E-state index contributed by atoms with van der Waals surface area (Å²) < 4.78 is 12.7. The second-order valence-electron chi connectivity index (χ2n) is 3.65. The van der Waals surface area contributed by atoms with Gasteiger partial charge in [-0.1, -0.05) is 0 Å². The molecule has 1 fully saturated rings. The lowest BCUT2D eigenvalue weighted by Crippen LogP contribution is -2.26. The summed E-state index contributed by atoms with van der Waals surface area (Å²) in [7, 11) is 0. The molecule has 0 saturated carbocycles. The summed E-state index contributed by atoms with van der Waals surface area (Å²) in [5, 5.41) is 8.75. The molecule has 1 N–H and O–H groups in total. The zero-order valence-electron chi connectivity index (χ0n) is 8.59. The molecule has 17 heavy (non-hydrogen) atoms. The van der Waals surface area contributed by atoms with E-state index in [1.54, 1.807) is 0 Å². The number of carbonyl (C=O) groups excluding carboxylic acids is 2. The van der Waals surface area contributed by atoms with Crippen LogP contribution >= 0.6 is 0 Å². The third kappa shape index (κ3) is 1.89. The van der Waals surface area contributed by atoms with E-state index in [-0.39, 0.29) is 6.54 Å². The fourth-order valence-corrected chi connectivity index (χ4v) is 1.66. The van der Waals surface area contributed by atoms with Crippen LogP contribution in [-0.2, 0) is 14.4 Å². The van der Waals surface area contributed by atoms with Crippen molar-refractivity contribution in [2.45, 2.75) is 0 Å². The summed E-state index contributed by atoms with van der Waals surface area (Å²) in [6.45, 7) is -0.210. The van der Waals surface area contributed by atoms with E-state index >= 15 is 0 Å². The van der Waals surface area contributed by atoms with Crippen LogP contribution in [0, 0.1) is 11.7 Å². The first-order valence-electron chi connectivity index (χ1n) is 4.85. The number of carboxylic acids is 1. The molecule has 0 bridgehead atoms. The maximum Gasteiger partial charge on any atom is 0.316 e. The van der Waals surface area contributed by atoms with E-state index in [4.69, 9.17) is 5.11 Å². The minimum atomic E-state index is -1.34. The van der Waals surface area contributed by atoms with E-state index in [1.807, 2.05) is 0 Å². The normalized spacial score (nSPS) is 19.8. The zero-order valence-corrected chi connectivity index (χ0v) is 8.59. The summed E-state index contributed by atoms with van der Waals surface area (Å²) in [6.07, 6.45) is 0. The van der Waals surface area contributed by atoms with E-state index < -0.39 is 29.4 Å². The quantitative estimate of drug-likeness (QED) is 0.598. The molecule has 1 saturated heterocycles.